The van der Waals surface area contributed by atoms with E-state index in [0.29, 0.717) is 0 Å². The van der Waals surface area contributed by atoms with Crippen molar-refractivity contribution in [1.82, 2.24) is 15.0 Å². The molecule has 0 N–H and O–H groups in total. The van der Waals surface area contributed by atoms with E-state index >= 15 is 0 Å². The molecule has 0 atom stereocenters. The van der Waals surface area contributed by atoms with Crippen LogP contribution < -0.4 is 0 Å². The third kappa shape index (κ3) is 1.95. The van der Waals surface area contributed by atoms with Crippen LogP contribution in [0.5, 0.6) is 0 Å². The molecule has 0 aliphatic heterocycles. The van der Waals surface area contributed by atoms with Crippen LogP contribution in [0.15, 0.2) is 67.0 Å². The lowest BCUT2D eigenvalue weighted by atomic mass is 10.1. The fraction of sp³-hybridized carbons (Fsp3) is 0. The Bertz CT molecular complexity index is 600. The van der Waals surface area contributed by atoms with E-state index in [9.17, 15) is 0 Å². The van der Waals surface area contributed by atoms with Crippen molar-refractivity contribution in [2.75, 3.05) is 0 Å². The monoisotopic (exact) mass is 221 g/mol. The van der Waals surface area contributed by atoms with Gasteiger partial charge in [0.2, 0.25) is 0 Å². The van der Waals surface area contributed by atoms with Crippen molar-refractivity contribution < 1.29 is 0 Å². The highest BCUT2D eigenvalue weighted by atomic mass is 15.4. The summed E-state index contributed by atoms with van der Waals surface area (Å²) >= 11 is 0. The Kier molecular flexibility index (Phi) is 2.43. The van der Waals surface area contributed by atoms with E-state index in [1.165, 1.54) is 11.1 Å². The normalized spacial score (nSPS) is 10.4. The van der Waals surface area contributed by atoms with Gasteiger partial charge in [-0.3, -0.25) is 0 Å². The van der Waals surface area contributed by atoms with E-state index in [1.54, 1.807) is 10.9 Å². The summed E-state index contributed by atoms with van der Waals surface area (Å²) in [6.45, 7) is 0. The Morgan fingerprint density at radius 1 is 0.824 bits per heavy atom. The Balaban J connectivity index is 2.06. The molecule has 0 aliphatic carbocycles. The Hall–Kier alpha value is -2.42. The summed E-state index contributed by atoms with van der Waals surface area (Å²) in [4.78, 5) is 0. The average Bonchev–Trinajstić information content (AvgIpc) is 2.94. The lowest BCUT2D eigenvalue weighted by Crippen LogP contribution is -1.94. The van der Waals surface area contributed by atoms with E-state index in [0.717, 1.165) is 5.69 Å². The van der Waals surface area contributed by atoms with Crippen molar-refractivity contribution in [2.45, 2.75) is 0 Å². The molecule has 0 amide bonds. The lowest BCUT2D eigenvalue weighted by molar-refractivity contribution is 0.803. The van der Waals surface area contributed by atoms with Crippen molar-refractivity contribution in [1.29, 1.82) is 0 Å². The third-order valence-electron chi connectivity index (χ3n) is 2.64. The quantitative estimate of drug-likeness (QED) is 0.666. The molecule has 3 heteroatoms. The summed E-state index contributed by atoms with van der Waals surface area (Å²) in [5.41, 5.74) is 3.40. The van der Waals surface area contributed by atoms with E-state index in [2.05, 4.69) is 34.6 Å². The first kappa shape index (κ1) is 9.78. The van der Waals surface area contributed by atoms with Crippen LogP contribution in [0.4, 0.5) is 0 Å². The molecule has 17 heavy (non-hydrogen) atoms. The summed E-state index contributed by atoms with van der Waals surface area (Å²) in [6.07, 6.45) is 3.51. The summed E-state index contributed by atoms with van der Waals surface area (Å²) < 4.78 is 1.76. The second-order valence-electron chi connectivity index (χ2n) is 3.76. The SMILES string of the molecule is c1ccc(-c2cccc(-n3ccnn3)c2)cc1. The summed E-state index contributed by atoms with van der Waals surface area (Å²) in [6, 6.07) is 18.5. The molecule has 3 nitrogen and oxygen atoms in total. The van der Waals surface area contributed by atoms with Gasteiger partial charge in [-0.1, -0.05) is 47.7 Å². The van der Waals surface area contributed by atoms with Gasteiger partial charge in [0, 0.05) is 0 Å². The molecule has 0 saturated heterocycles. The predicted molar refractivity (Wildman–Crippen MR) is 66.8 cm³/mol. The van der Waals surface area contributed by atoms with Crippen LogP contribution in [0.3, 0.4) is 0 Å². The highest BCUT2D eigenvalue weighted by molar-refractivity contribution is 5.65. The van der Waals surface area contributed by atoms with Gasteiger partial charge in [-0.25, -0.2) is 4.68 Å². The Morgan fingerprint density at radius 3 is 2.41 bits per heavy atom. The van der Waals surface area contributed by atoms with Crippen molar-refractivity contribution >= 4 is 0 Å². The van der Waals surface area contributed by atoms with Gasteiger partial charge in [0.1, 0.15) is 0 Å². The van der Waals surface area contributed by atoms with Gasteiger partial charge in [-0.15, -0.1) is 5.10 Å². The van der Waals surface area contributed by atoms with Crippen LogP contribution in [0.2, 0.25) is 0 Å². The first-order valence-electron chi connectivity index (χ1n) is 5.46. The second kappa shape index (κ2) is 4.22. The number of nitrogens with zero attached hydrogens (tertiary/aromatic N) is 3. The van der Waals surface area contributed by atoms with E-state index in [-0.39, 0.29) is 0 Å². The molecule has 0 spiro atoms. The zero-order valence-electron chi connectivity index (χ0n) is 9.19. The maximum Gasteiger partial charge on any atom is 0.0697 e. The van der Waals surface area contributed by atoms with E-state index in [4.69, 9.17) is 0 Å². The number of rotatable bonds is 2. The Labute approximate surface area is 99.3 Å². The largest absolute Gasteiger partial charge is 0.221 e. The van der Waals surface area contributed by atoms with Gasteiger partial charge < -0.3 is 0 Å². The van der Waals surface area contributed by atoms with Crippen molar-refractivity contribution in [2.24, 2.45) is 0 Å². The minimum atomic E-state index is 1.02. The topological polar surface area (TPSA) is 30.7 Å². The van der Waals surface area contributed by atoms with Gasteiger partial charge in [0.25, 0.3) is 0 Å². The Morgan fingerprint density at radius 2 is 1.65 bits per heavy atom. The molecule has 0 unspecified atom stereocenters. The molecule has 3 aromatic rings. The van der Waals surface area contributed by atoms with Crippen LogP contribution in [0.25, 0.3) is 16.8 Å². The molecular weight excluding hydrogens is 210 g/mol. The molecule has 0 fully saturated rings. The van der Waals surface area contributed by atoms with Crippen LogP contribution in [-0.2, 0) is 0 Å². The molecule has 1 aromatic heterocycles. The minimum absolute atomic E-state index is 1.02. The zero-order chi connectivity index (χ0) is 11.5. The van der Waals surface area contributed by atoms with Gasteiger partial charge in [-0.05, 0) is 23.3 Å². The van der Waals surface area contributed by atoms with Gasteiger partial charge >= 0.3 is 0 Å². The molecular formula is C14H11N3. The van der Waals surface area contributed by atoms with Crippen LogP contribution >= 0.6 is 0 Å². The van der Waals surface area contributed by atoms with Gasteiger partial charge in [0.15, 0.2) is 0 Å². The van der Waals surface area contributed by atoms with E-state index < -0.39 is 0 Å². The molecule has 82 valence electrons. The molecule has 0 radical (unpaired) electrons. The molecule has 0 bridgehead atoms. The maximum atomic E-state index is 3.99. The molecule has 3 rings (SSSR count). The standard InChI is InChI=1S/C14H11N3/c1-2-5-12(6-3-1)13-7-4-8-14(11-13)17-10-9-15-16-17/h1-11H. The van der Waals surface area contributed by atoms with Crippen LogP contribution in [0, 0.1) is 0 Å². The van der Waals surface area contributed by atoms with Crippen LogP contribution in [0.1, 0.15) is 0 Å². The summed E-state index contributed by atoms with van der Waals surface area (Å²) in [5, 5.41) is 7.80. The predicted octanol–water partition coefficient (Wildman–Crippen LogP) is 2.93. The van der Waals surface area contributed by atoms with Gasteiger partial charge in [0.05, 0.1) is 18.1 Å². The minimum Gasteiger partial charge on any atom is -0.221 e. The number of hydrogen-bond donors (Lipinski definition) is 0. The van der Waals surface area contributed by atoms with Crippen molar-refractivity contribution in [3.63, 3.8) is 0 Å². The lowest BCUT2D eigenvalue weighted by Gasteiger charge is -2.04. The number of benzene rings is 2. The first-order valence-corrected chi connectivity index (χ1v) is 5.46. The van der Waals surface area contributed by atoms with Crippen LogP contribution in [-0.4, -0.2) is 15.0 Å². The maximum absolute atomic E-state index is 3.99. The highest BCUT2D eigenvalue weighted by Crippen LogP contribution is 2.21. The molecule has 2 aromatic carbocycles. The fourth-order valence-corrected chi connectivity index (χ4v) is 1.80. The highest BCUT2D eigenvalue weighted by Gasteiger charge is 2.00. The molecule has 1 heterocycles. The second-order valence-corrected chi connectivity index (χ2v) is 3.76. The van der Waals surface area contributed by atoms with Gasteiger partial charge in [-0.2, -0.15) is 0 Å². The third-order valence-corrected chi connectivity index (χ3v) is 2.64. The molecule has 0 saturated carbocycles. The fourth-order valence-electron chi connectivity index (χ4n) is 1.80. The molecule has 0 aliphatic rings. The van der Waals surface area contributed by atoms with Crippen molar-refractivity contribution in [3.05, 3.63) is 67.0 Å². The first-order chi connectivity index (χ1) is 8.43. The smallest absolute Gasteiger partial charge is 0.0697 e. The number of hydrogen-bond acceptors (Lipinski definition) is 2. The summed E-state index contributed by atoms with van der Waals surface area (Å²) in [5.74, 6) is 0. The van der Waals surface area contributed by atoms with Crippen molar-refractivity contribution in [3.8, 4) is 16.8 Å². The summed E-state index contributed by atoms with van der Waals surface area (Å²) in [7, 11) is 0. The van der Waals surface area contributed by atoms with E-state index in [1.807, 2.05) is 36.5 Å². The average molecular weight is 221 g/mol. The number of aromatic nitrogens is 3. The zero-order valence-corrected chi connectivity index (χ0v) is 9.19.